The number of benzene rings is 3. The largest absolute Gasteiger partial charge is 0.467 e. The Kier molecular flexibility index (Phi) is 3.39. The maximum absolute atomic E-state index is 9.53. The monoisotopic (exact) mass is 328 g/mol. The van der Waals surface area contributed by atoms with Crippen LogP contribution in [0.2, 0.25) is 0 Å². The standard InChI is InChI=1S/C23H20O2/c24-14-23-19(11-12-25-23)17-6-5-16-8-9-20-18-4-2-1-3-15(18)7-10-21(20)22(16)13-17/h1-4,7-12,17,24H,5-6,13-14H2. The van der Waals surface area contributed by atoms with Crippen molar-refractivity contribution in [2.75, 3.05) is 0 Å². The van der Waals surface area contributed by atoms with Gasteiger partial charge >= 0.3 is 0 Å². The van der Waals surface area contributed by atoms with Gasteiger partial charge in [0, 0.05) is 0 Å². The van der Waals surface area contributed by atoms with E-state index in [4.69, 9.17) is 4.42 Å². The summed E-state index contributed by atoms with van der Waals surface area (Å²) in [6.45, 7) is -0.0220. The minimum Gasteiger partial charge on any atom is -0.467 e. The molecule has 3 aromatic carbocycles. The summed E-state index contributed by atoms with van der Waals surface area (Å²) in [5.74, 6) is 1.14. The highest BCUT2D eigenvalue weighted by atomic mass is 16.4. The fourth-order valence-corrected chi connectivity index (χ4v) is 4.46. The summed E-state index contributed by atoms with van der Waals surface area (Å²) in [5.41, 5.74) is 4.10. The molecule has 1 aromatic heterocycles. The highest BCUT2D eigenvalue weighted by Gasteiger charge is 2.25. The molecule has 4 aromatic rings. The zero-order valence-electron chi connectivity index (χ0n) is 14.0. The highest BCUT2D eigenvalue weighted by Crippen LogP contribution is 2.39. The van der Waals surface area contributed by atoms with Crippen molar-refractivity contribution in [1.29, 1.82) is 0 Å². The molecular formula is C23H20O2. The van der Waals surface area contributed by atoms with Gasteiger partial charge in [-0.25, -0.2) is 0 Å². The molecule has 0 radical (unpaired) electrons. The molecule has 2 nitrogen and oxygen atoms in total. The molecule has 0 saturated carbocycles. The predicted molar refractivity (Wildman–Crippen MR) is 101 cm³/mol. The minimum atomic E-state index is -0.0220. The van der Waals surface area contributed by atoms with Crippen LogP contribution in [0.5, 0.6) is 0 Å². The van der Waals surface area contributed by atoms with Gasteiger partial charge in [-0.3, -0.25) is 0 Å². The number of aliphatic hydroxyl groups is 1. The Hall–Kier alpha value is -2.58. The van der Waals surface area contributed by atoms with Crippen molar-refractivity contribution in [2.24, 2.45) is 0 Å². The van der Waals surface area contributed by atoms with Gasteiger partial charge < -0.3 is 9.52 Å². The summed E-state index contributed by atoms with van der Waals surface area (Å²) < 4.78 is 5.45. The molecule has 0 amide bonds. The minimum absolute atomic E-state index is 0.0220. The second-order valence-corrected chi connectivity index (χ2v) is 6.98. The zero-order valence-corrected chi connectivity index (χ0v) is 14.0. The van der Waals surface area contributed by atoms with Crippen LogP contribution < -0.4 is 0 Å². The highest BCUT2D eigenvalue weighted by molar-refractivity contribution is 6.08. The van der Waals surface area contributed by atoms with Crippen LogP contribution >= 0.6 is 0 Å². The van der Waals surface area contributed by atoms with Gasteiger partial charge in [0.2, 0.25) is 0 Å². The van der Waals surface area contributed by atoms with Crippen LogP contribution in [0.25, 0.3) is 21.5 Å². The topological polar surface area (TPSA) is 33.4 Å². The van der Waals surface area contributed by atoms with Crippen LogP contribution in [-0.2, 0) is 19.4 Å². The molecule has 1 N–H and O–H groups in total. The number of fused-ring (bicyclic) bond motifs is 5. The number of furan rings is 1. The number of hydrogen-bond acceptors (Lipinski definition) is 2. The second-order valence-electron chi connectivity index (χ2n) is 6.98. The molecule has 1 atom stereocenters. The van der Waals surface area contributed by atoms with Gasteiger partial charge in [-0.05, 0) is 69.5 Å². The van der Waals surface area contributed by atoms with Crippen molar-refractivity contribution in [2.45, 2.75) is 31.8 Å². The maximum Gasteiger partial charge on any atom is 0.132 e. The van der Waals surface area contributed by atoms with Crippen LogP contribution in [0.15, 0.2) is 65.3 Å². The third-order valence-electron chi connectivity index (χ3n) is 5.71. The van der Waals surface area contributed by atoms with Crippen LogP contribution in [-0.4, -0.2) is 5.11 Å². The molecule has 25 heavy (non-hydrogen) atoms. The molecule has 1 aliphatic rings. The smallest absolute Gasteiger partial charge is 0.132 e. The van der Waals surface area contributed by atoms with Crippen LogP contribution in [0, 0.1) is 0 Å². The Morgan fingerprint density at radius 2 is 1.80 bits per heavy atom. The Morgan fingerprint density at radius 1 is 0.920 bits per heavy atom. The fourth-order valence-electron chi connectivity index (χ4n) is 4.46. The molecule has 0 fully saturated rings. The normalized spacial score (nSPS) is 17.1. The Bertz CT molecular complexity index is 1070. The molecular weight excluding hydrogens is 308 g/mol. The van der Waals surface area contributed by atoms with Crippen molar-refractivity contribution in [3.63, 3.8) is 0 Å². The Morgan fingerprint density at radius 3 is 2.72 bits per heavy atom. The van der Waals surface area contributed by atoms with Crippen molar-refractivity contribution in [3.8, 4) is 0 Å². The first-order valence-corrected chi connectivity index (χ1v) is 8.94. The van der Waals surface area contributed by atoms with Crippen molar-refractivity contribution in [3.05, 3.63) is 83.3 Å². The maximum atomic E-state index is 9.53. The molecule has 124 valence electrons. The predicted octanol–water partition coefficient (Wildman–Crippen LogP) is 5.35. The molecule has 0 spiro atoms. The van der Waals surface area contributed by atoms with E-state index in [0.29, 0.717) is 5.92 Å². The summed E-state index contributed by atoms with van der Waals surface area (Å²) in [5, 5.41) is 14.9. The molecule has 0 saturated heterocycles. The first-order valence-electron chi connectivity index (χ1n) is 8.94. The first-order chi connectivity index (χ1) is 12.3. The van der Waals surface area contributed by atoms with E-state index in [0.717, 1.165) is 25.0 Å². The van der Waals surface area contributed by atoms with E-state index in [9.17, 15) is 5.11 Å². The lowest BCUT2D eigenvalue weighted by Crippen LogP contribution is -2.14. The van der Waals surface area contributed by atoms with Crippen molar-refractivity contribution < 1.29 is 9.52 Å². The molecule has 1 heterocycles. The van der Waals surface area contributed by atoms with E-state index >= 15 is 0 Å². The first kappa shape index (κ1) is 14.7. The number of hydrogen-bond donors (Lipinski definition) is 1. The molecule has 2 heteroatoms. The third kappa shape index (κ3) is 2.29. The van der Waals surface area contributed by atoms with Gasteiger partial charge in [-0.1, -0.05) is 48.5 Å². The molecule has 5 rings (SSSR count). The third-order valence-corrected chi connectivity index (χ3v) is 5.71. The second kappa shape index (κ2) is 5.75. The average Bonchev–Trinajstić information content (AvgIpc) is 3.16. The lowest BCUT2D eigenvalue weighted by Gasteiger charge is -2.26. The van der Waals surface area contributed by atoms with E-state index in [1.165, 1.54) is 38.2 Å². The van der Waals surface area contributed by atoms with Crippen LogP contribution in [0.1, 0.15) is 34.8 Å². The van der Waals surface area contributed by atoms with Gasteiger partial charge in [0.1, 0.15) is 12.4 Å². The molecule has 1 aliphatic carbocycles. The van der Waals surface area contributed by atoms with E-state index in [-0.39, 0.29) is 6.61 Å². The van der Waals surface area contributed by atoms with Gasteiger partial charge in [0.05, 0.1) is 6.26 Å². The SMILES string of the molecule is OCc1occc1C1CCc2ccc3c(ccc4ccccc43)c2C1. The van der Waals surface area contributed by atoms with Crippen LogP contribution in [0.3, 0.4) is 0 Å². The quantitative estimate of drug-likeness (QED) is 0.503. The van der Waals surface area contributed by atoms with E-state index in [1.807, 2.05) is 6.07 Å². The Balaban J connectivity index is 1.67. The lowest BCUT2D eigenvalue weighted by molar-refractivity contribution is 0.244. The fraction of sp³-hybridized carbons (Fsp3) is 0.217. The summed E-state index contributed by atoms with van der Waals surface area (Å²) in [6.07, 6.45) is 4.90. The summed E-state index contributed by atoms with van der Waals surface area (Å²) in [4.78, 5) is 0. The van der Waals surface area contributed by atoms with Gasteiger partial charge in [-0.2, -0.15) is 0 Å². The number of aliphatic hydroxyl groups excluding tert-OH is 1. The average molecular weight is 328 g/mol. The molecule has 0 bridgehead atoms. The van der Waals surface area contributed by atoms with E-state index < -0.39 is 0 Å². The van der Waals surface area contributed by atoms with Gasteiger partial charge in [0.15, 0.2) is 0 Å². The lowest BCUT2D eigenvalue weighted by atomic mass is 9.78. The number of rotatable bonds is 2. The summed E-state index contributed by atoms with van der Waals surface area (Å²) in [6, 6.07) is 19.7. The number of aryl methyl sites for hydroxylation is 1. The van der Waals surface area contributed by atoms with Crippen molar-refractivity contribution in [1.82, 2.24) is 0 Å². The van der Waals surface area contributed by atoms with Gasteiger partial charge in [0.25, 0.3) is 0 Å². The Labute approximate surface area is 146 Å². The summed E-state index contributed by atoms with van der Waals surface area (Å²) in [7, 11) is 0. The van der Waals surface area contributed by atoms with Crippen LogP contribution in [0.4, 0.5) is 0 Å². The zero-order chi connectivity index (χ0) is 16.8. The van der Waals surface area contributed by atoms with E-state index in [2.05, 4.69) is 48.5 Å². The van der Waals surface area contributed by atoms with Gasteiger partial charge in [-0.15, -0.1) is 0 Å². The van der Waals surface area contributed by atoms with Crippen molar-refractivity contribution >= 4 is 21.5 Å². The van der Waals surface area contributed by atoms with E-state index in [1.54, 1.807) is 6.26 Å². The molecule has 0 aliphatic heterocycles. The molecule has 1 unspecified atom stereocenters. The summed E-state index contributed by atoms with van der Waals surface area (Å²) >= 11 is 0.